The van der Waals surface area contributed by atoms with Crippen LogP contribution in [0.3, 0.4) is 0 Å². The molecule has 5 nitrogen and oxygen atoms in total. The van der Waals surface area contributed by atoms with Crippen LogP contribution in [0.4, 0.5) is 5.82 Å². The van der Waals surface area contributed by atoms with E-state index in [2.05, 4.69) is 15.3 Å². The summed E-state index contributed by atoms with van der Waals surface area (Å²) >= 11 is 5.96. The normalized spacial score (nSPS) is 15.8. The number of halogens is 1. The van der Waals surface area contributed by atoms with Gasteiger partial charge in [0.15, 0.2) is 0 Å². The maximum Gasteiger partial charge on any atom is 0.135 e. The second-order valence-electron chi connectivity index (χ2n) is 4.78. The molecule has 1 fully saturated rings. The SMILES string of the molecule is CCC(CO)(CO)Nc1cc(Cl)nc(C2CC2)n1. The number of aliphatic hydroxyl groups excluding tert-OH is 2. The Balaban J connectivity index is 2.21. The van der Waals surface area contributed by atoms with Gasteiger partial charge in [0.25, 0.3) is 0 Å². The smallest absolute Gasteiger partial charge is 0.135 e. The minimum Gasteiger partial charge on any atom is -0.394 e. The molecule has 0 spiro atoms. The van der Waals surface area contributed by atoms with Gasteiger partial charge < -0.3 is 15.5 Å². The maximum absolute atomic E-state index is 9.40. The summed E-state index contributed by atoms with van der Waals surface area (Å²) in [4.78, 5) is 8.59. The molecule has 18 heavy (non-hydrogen) atoms. The van der Waals surface area contributed by atoms with E-state index >= 15 is 0 Å². The second-order valence-corrected chi connectivity index (χ2v) is 5.17. The highest BCUT2D eigenvalue weighted by molar-refractivity contribution is 6.29. The van der Waals surface area contributed by atoms with Gasteiger partial charge in [0, 0.05) is 12.0 Å². The van der Waals surface area contributed by atoms with Gasteiger partial charge in [-0.15, -0.1) is 0 Å². The molecule has 1 heterocycles. The average Bonchev–Trinajstić information content (AvgIpc) is 3.20. The monoisotopic (exact) mass is 271 g/mol. The molecule has 0 atom stereocenters. The van der Waals surface area contributed by atoms with E-state index < -0.39 is 5.54 Å². The molecule has 0 unspecified atom stereocenters. The van der Waals surface area contributed by atoms with Crippen LogP contribution >= 0.6 is 11.6 Å². The van der Waals surface area contributed by atoms with Crippen molar-refractivity contribution in [2.24, 2.45) is 0 Å². The van der Waals surface area contributed by atoms with Crippen molar-refractivity contribution in [3.05, 3.63) is 17.0 Å². The van der Waals surface area contributed by atoms with Crippen LogP contribution in [0.15, 0.2) is 6.07 Å². The molecule has 1 saturated carbocycles. The Bertz CT molecular complexity index is 412. The van der Waals surface area contributed by atoms with E-state index in [4.69, 9.17) is 11.6 Å². The van der Waals surface area contributed by atoms with Crippen molar-refractivity contribution in [2.75, 3.05) is 18.5 Å². The van der Waals surface area contributed by atoms with Crippen LogP contribution < -0.4 is 5.32 Å². The van der Waals surface area contributed by atoms with E-state index in [1.165, 1.54) is 0 Å². The molecule has 0 aromatic carbocycles. The van der Waals surface area contributed by atoms with Crippen LogP contribution in [0.25, 0.3) is 0 Å². The number of aromatic nitrogens is 2. The number of rotatable bonds is 6. The third kappa shape index (κ3) is 2.91. The first-order chi connectivity index (χ1) is 8.62. The van der Waals surface area contributed by atoms with Gasteiger partial charge in [-0.05, 0) is 19.3 Å². The van der Waals surface area contributed by atoms with E-state index in [9.17, 15) is 10.2 Å². The predicted octanol–water partition coefficient (Wildman–Crippen LogP) is 1.55. The molecule has 0 bridgehead atoms. The van der Waals surface area contributed by atoms with Crippen molar-refractivity contribution >= 4 is 17.4 Å². The molecule has 3 N–H and O–H groups in total. The zero-order valence-corrected chi connectivity index (χ0v) is 11.1. The second kappa shape index (κ2) is 5.38. The number of aliphatic hydroxyl groups is 2. The summed E-state index contributed by atoms with van der Waals surface area (Å²) in [5.74, 6) is 1.70. The predicted molar refractivity (Wildman–Crippen MR) is 69.8 cm³/mol. The molecule has 2 rings (SSSR count). The van der Waals surface area contributed by atoms with Crippen molar-refractivity contribution in [3.63, 3.8) is 0 Å². The first-order valence-electron chi connectivity index (χ1n) is 6.17. The van der Waals surface area contributed by atoms with Gasteiger partial charge in [0.05, 0.1) is 18.8 Å². The molecule has 100 valence electrons. The summed E-state index contributed by atoms with van der Waals surface area (Å²) in [7, 11) is 0. The Morgan fingerprint density at radius 3 is 2.56 bits per heavy atom. The number of nitrogens with one attached hydrogen (secondary N) is 1. The number of hydrogen-bond donors (Lipinski definition) is 3. The fourth-order valence-electron chi connectivity index (χ4n) is 1.74. The molecule has 0 aliphatic heterocycles. The molecule has 0 saturated heterocycles. The van der Waals surface area contributed by atoms with E-state index in [-0.39, 0.29) is 13.2 Å². The van der Waals surface area contributed by atoms with Crippen LogP contribution in [0.2, 0.25) is 5.15 Å². The number of nitrogens with zero attached hydrogens (tertiary/aromatic N) is 2. The molecular formula is C12H18ClN3O2. The Morgan fingerprint density at radius 2 is 2.06 bits per heavy atom. The zero-order valence-electron chi connectivity index (χ0n) is 10.4. The van der Waals surface area contributed by atoms with Crippen LogP contribution in [0.5, 0.6) is 0 Å². The highest BCUT2D eigenvalue weighted by Crippen LogP contribution is 2.39. The summed E-state index contributed by atoms with van der Waals surface area (Å²) in [6.45, 7) is 1.56. The lowest BCUT2D eigenvalue weighted by Crippen LogP contribution is -2.45. The van der Waals surface area contributed by atoms with Crippen molar-refractivity contribution in [1.29, 1.82) is 0 Å². The van der Waals surface area contributed by atoms with E-state index in [0.717, 1.165) is 18.7 Å². The first-order valence-corrected chi connectivity index (χ1v) is 6.54. The quantitative estimate of drug-likeness (QED) is 0.684. The van der Waals surface area contributed by atoms with Gasteiger partial charge >= 0.3 is 0 Å². The third-order valence-corrected chi connectivity index (χ3v) is 3.52. The lowest BCUT2D eigenvalue weighted by molar-refractivity contribution is 0.132. The van der Waals surface area contributed by atoms with Gasteiger partial charge in [-0.1, -0.05) is 18.5 Å². The zero-order chi connectivity index (χ0) is 13.2. The highest BCUT2D eigenvalue weighted by Gasteiger charge is 2.30. The molecule has 1 aliphatic rings. The van der Waals surface area contributed by atoms with Crippen LogP contribution in [0, 0.1) is 0 Å². The van der Waals surface area contributed by atoms with Gasteiger partial charge in [-0.2, -0.15) is 0 Å². The van der Waals surface area contributed by atoms with Crippen molar-refractivity contribution in [3.8, 4) is 0 Å². The van der Waals surface area contributed by atoms with Crippen molar-refractivity contribution < 1.29 is 10.2 Å². The Hall–Kier alpha value is -0.910. The maximum atomic E-state index is 9.40. The molecule has 1 aliphatic carbocycles. The molecular weight excluding hydrogens is 254 g/mol. The molecule has 0 amide bonds. The first kappa shape index (κ1) is 13.5. The fourth-order valence-corrected chi connectivity index (χ4v) is 1.93. The minimum atomic E-state index is -0.765. The van der Waals surface area contributed by atoms with Crippen LogP contribution in [-0.2, 0) is 0 Å². The van der Waals surface area contributed by atoms with Gasteiger partial charge in [0.1, 0.15) is 16.8 Å². The highest BCUT2D eigenvalue weighted by atomic mass is 35.5. The van der Waals surface area contributed by atoms with Crippen molar-refractivity contribution in [1.82, 2.24) is 9.97 Å². The standard InChI is InChI=1S/C12H18ClN3O2/c1-2-12(6-17,7-18)16-10-5-9(13)14-11(15-10)8-3-4-8/h5,8,17-18H,2-4,6-7H2,1H3,(H,14,15,16). The third-order valence-electron chi connectivity index (χ3n) is 3.33. The largest absolute Gasteiger partial charge is 0.394 e. The molecule has 1 aromatic rings. The lowest BCUT2D eigenvalue weighted by Gasteiger charge is -2.30. The topological polar surface area (TPSA) is 78.3 Å². The van der Waals surface area contributed by atoms with E-state index in [1.807, 2.05) is 6.92 Å². The minimum absolute atomic E-state index is 0.166. The van der Waals surface area contributed by atoms with Gasteiger partial charge in [0.2, 0.25) is 0 Å². The van der Waals surface area contributed by atoms with Crippen LogP contribution in [0.1, 0.15) is 37.9 Å². The Morgan fingerprint density at radius 1 is 1.39 bits per heavy atom. The van der Waals surface area contributed by atoms with E-state index in [0.29, 0.717) is 23.3 Å². The lowest BCUT2D eigenvalue weighted by atomic mass is 9.98. The summed E-state index contributed by atoms with van der Waals surface area (Å²) in [5, 5.41) is 22.3. The number of anilines is 1. The Kier molecular flexibility index (Phi) is 4.04. The van der Waals surface area contributed by atoms with Gasteiger partial charge in [-0.3, -0.25) is 0 Å². The van der Waals surface area contributed by atoms with E-state index in [1.54, 1.807) is 6.07 Å². The average molecular weight is 272 g/mol. The van der Waals surface area contributed by atoms with Crippen LogP contribution in [-0.4, -0.2) is 38.9 Å². The fraction of sp³-hybridized carbons (Fsp3) is 0.667. The summed E-state index contributed by atoms with van der Waals surface area (Å²) in [6, 6.07) is 1.61. The van der Waals surface area contributed by atoms with Gasteiger partial charge in [-0.25, -0.2) is 9.97 Å². The van der Waals surface area contributed by atoms with Crippen molar-refractivity contribution in [2.45, 2.75) is 37.6 Å². The Labute approximate surface area is 111 Å². The molecule has 1 aromatic heterocycles. The summed E-state index contributed by atoms with van der Waals surface area (Å²) < 4.78 is 0. The summed E-state index contributed by atoms with van der Waals surface area (Å²) in [6.07, 6.45) is 2.78. The molecule has 6 heteroatoms. The summed E-state index contributed by atoms with van der Waals surface area (Å²) in [5.41, 5.74) is -0.765. The molecule has 0 radical (unpaired) electrons. The number of hydrogen-bond acceptors (Lipinski definition) is 5.